The van der Waals surface area contributed by atoms with E-state index in [0.717, 1.165) is 30.8 Å². The van der Waals surface area contributed by atoms with E-state index in [1.54, 1.807) is 11.0 Å². The van der Waals surface area contributed by atoms with Crippen LogP contribution < -0.4 is 9.80 Å². The predicted molar refractivity (Wildman–Crippen MR) is 112 cm³/mol. The van der Waals surface area contributed by atoms with Crippen molar-refractivity contribution in [2.24, 2.45) is 0 Å². The van der Waals surface area contributed by atoms with Crippen molar-refractivity contribution in [1.82, 2.24) is 4.90 Å². The van der Waals surface area contributed by atoms with E-state index in [1.165, 1.54) is 6.07 Å². The molecule has 2 aromatic carbocycles. The van der Waals surface area contributed by atoms with E-state index in [2.05, 4.69) is 9.80 Å². The van der Waals surface area contributed by atoms with Gasteiger partial charge in [0.15, 0.2) is 0 Å². The lowest BCUT2D eigenvalue weighted by molar-refractivity contribution is -0.277. The van der Waals surface area contributed by atoms with Crippen molar-refractivity contribution in [2.45, 2.75) is 25.2 Å². The van der Waals surface area contributed by atoms with Gasteiger partial charge in [-0.3, -0.25) is 14.6 Å². The first-order valence-corrected chi connectivity index (χ1v) is 10.5. The van der Waals surface area contributed by atoms with Crippen molar-refractivity contribution in [3.63, 3.8) is 0 Å². The van der Waals surface area contributed by atoms with E-state index in [-0.39, 0.29) is 17.8 Å². The fourth-order valence-corrected chi connectivity index (χ4v) is 4.57. The molecule has 2 atom stereocenters. The molecule has 3 aliphatic heterocycles. The molecule has 2 saturated heterocycles. The maximum Gasteiger partial charge on any atom is 0.293 e. The molecule has 6 nitrogen and oxygen atoms in total. The highest BCUT2D eigenvalue weighted by Gasteiger charge is 2.56. The van der Waals surface area contributed by atoms with Gasteiger partial charge in [0.2, 0.25) is 0 Å². The van der Waals surface area contributed by atoms with E-state index < -0.39 is 5.79 Å². The van der Waals surface area contributed by atoms with Crippen LogP contribution in [-0.2, 0) is 20.1 Å². The second-order valence-electron chi connectivity index (χ2n) is 8.13. The van der Waals surface area contributed by atoms with Crippen molar-refractivity contribution in [2.75, 3.05) is 49.3 Å². The number of carbonyl (C=O) groups is 1. The Balaban J connectivity index is 1.32. The van der Waals surface area contributed by atoms with Crippen LogP contribution >= 0.6 is 0 Å². The Morgan fingerprint density at radius 3 is 2.47 bits per heavy atom. The molecule has 2 aromatic rings. The lowest BCUT2D eigenvalue weighted by atomic mass is 10.1. The third-order valence-electron chi connectivity index (χ3n) is 6.18. The molecule has 0 aromatic heterocycles. The Morgan fingerprint density at radius 1 is 1.03 bits per heavy atom. The summed E-state index contributed by atoms with van der Waals surface area (Å²) >= 11 is 0. The number of hydrogen-bond donors (Lipinski definition) is 0. The molecule has 7 heteroatoms. The molecule has 0 radical (unpaired) electrons. The summed E-state index contributed by atoms with van der Waals surface area (Å²) < 4.78 is 26.2. The van der Waals surface area contributed by atoms with E-state index in [0.29, 0.717) is 32.1 Å². The Morgan fingerprint density at radius 2 is 1.73 bits per heavy atom. The van der Waals surface area contributed by atoms with Gasteiger partial charge >= 0.3 is 0 Å². The number of anilines is 2. The monoisotopic (exact) mass is 411 g/mol. The number of halogens is 1. The minimum Gasteiger partial charge on any atom is -0.367 e. The highest BCUT2D eigenvalue weighted by atomic mass is 19.1. The van der Waals surface area contributed by atoms with Crippen molar-refractivity contribution in [3.05, 3.63) is 59.9 Å². The predicted octanol–water partition coefficient (Wildman–Crippen LogP) is 2.93. The SMILES string of the molecule is C[C@@H]1CCO[C@]2(O1)C(=O)N(CN1CCN(c3ccccc3F)CC1)c1ccccc12. The zero-order valence-corrected chi connectivity index (χ0v) is 17.1. The highest BCUT2D eigenvalue weighted by Crippen LogP contribution is 2.46. The minimum absolute atomic E-state index is 0.0416. The number of benzene rings is 2. The topological polar surface area (TPSA) is 45.3 Å². The first-order valence-electron chi connectivity index (χ1n) is 10.5. The number of amides is 1. The van der Waals surface area contributed by atoms with Crippen LogP contribution in [0.15, 0.2) is 48.5 Å². The van der Waals surface area contributed by atoms with E-state index in [1.807, 2.05) is 43.3 Å². The third kappa shape index (κ3) is 3.17. The molecular formula is C23H26FN3O3. The molecule has 0 unspecified atom stereocenters. The summed E-state index contributed by atoms with van der Waals surface area (Å²) in [4.78, 5) is 19.5. The second kappa shape index (κ2) is 7.65. The summed E-state index contributed by atoms with van der Waals surface area (Å²) in [5.41, 5.74) is 2.26. The molecule has 3 heterocycles. The van der Waals surface area contributed by atoms with Gasteiger partial charge in [-0.15, -0.1) is 0 Å². The number of hydrogen-bond acceptors (Lipinski definition) is 5. The van der Waals surface area contributed by atoms with E-state index in [4.69, 9.17) is 9.47 Å². The summed E-state index contributed by atoms with van der Waals surface area (Å²) in [6.45, 7) is 5.83. The number of carbonyl (C=O) groups excluding carboxylic acids is 1. The molecular weight excluding hydrogens is 385 g/mol. The zero-order valence-electron chi connectivity index (χ0n) is 17.1. The maximum absolute atomic E-state index is 14.1. The number of fused-ring (bicyclic) bond motifs is 2. The van der Waals surface area contributed by atoms with Crippen LogP contribution in [0.4, 0.5) is 15.8 Å². The zero-order chi connectivity index (χ0) is 20.7. The van der Waals surface area contributed by atoms with E-state index in [9.17, 15) is 9.18 Å². The van der Waals surface area contributed by atoms with Crippen molar-refractivity contribution < 1.29 is 18.7 Å². The van der Waals surface area contributed by atoms with Crippen LogP contribution in [0, 0.1) is 5.82 Å². The van der Waals surface area contributed by atoms with Crippen LogP contribution in [0.2, 0.25) is 0 Å². The molecule has 158 valence electrons. The standard InChI is InChI=1S/C23H26FN3O3/c1-17-10-15-29-23(30-17)18-6-2-4-8-20(18)27(22(23)28)16-25-11-13-26(14-12-25)21-9-5-3-7-19(21)24/h2-9,17H,10-16H2,1H3/t17-,23-/m1/s1. The molecule has 3 aliphatic rings. The number of para-hydroxylation sites is 2. The summed E-state index contributed by atoms with van der Waals surface area (Å²) in [5, 5.41) is 0. The number of ether oxygens (including phenoxy) is 2. The summed E-state index contributed by atoms with van der Waals surface area (Å²) in [6.07, 6.45) is 0.731. The maximum atomic E-state index is 14.1. The quantitative estimate of drug-likeness (QED) is 0.777. The number of nitrogens with zero attached hydrogens (tertiary/aromatic N) is 3. The molecule has 0 saturated carbocycles. The normalized spacial score (nSPS) is 27.0. The Kier molecular flexibility index (Phi) is 4.97. The van der Waals surface area contributed by atoms with Crippen LogP contribution in [0.1, 0.15) is 18.9 Å². The van der Waals surface area contributed by atoms with Crippen molar-refractivity contribution >= 4 is 17.3 Å². The smallest absolute Gasteiger partial charge is 0.293 e. The average molecular weight is 411 g/mol. The number of rotatable bonds is 3. The first kappa shape index (κ1) is 19.5. The third-order valence-corrected chi connectivity index (χ3v) is 6.18. The van der Waals surface area contributed by atoms with Gasteiger partial charge in [0.25, 0.3) is 11.7 Å². The fraction of sp³-hybridized carbons (Fsp3) is 0.435. The van der Waals surface area contributed by atoms with Gasteiger partial charge < -0.3 is 14.4 Å². The molecule has 30 heavy (non-hydrogen) atoms. The van der Waals surface area contributed by atoms with E-state index >= 15 is 0 Å². The molecule has 0 bridgehead atoms. The average Bonchev–Trinajstić information content (AvgIpc) is 2.97. The Labute approximate surface area is 175 Å². The lowest BCUT2D eigenvalue weighted by Crippen LogP contribution is -2.54. The van der Waals surface area contributed by atoms with Crippen LogP contribution in [0.5, 0.6) is 0 Å². The van der Waals surface area contributed by atoms with Gasteiger partial charge in [-0.05, 0) is 31.5 Å². The van der Waals surface area contributed by atoms with Crippen LogP contribution in [0.3, 0.4) is 0 Å². The molecule has 5 rings (SSSR count). The van der Waals surface area contributed by atoms with Gasteiger partial charge in [0.05, 0.1) is 30.8 Å². The van der Waals surface area contributed by atoms with Gasteiger partial charge in [-0.1, -0.05) is 30.3 Å². The van der Waals surface area contributed by atoms with Gasteiger partial charge in [-0.2, -0.15) is 0 Å². The molecule has 1 amide bonds. The summed E-state index contributed by atoms with van der Waals surface area (Å²) in [7, 11) is 0. The fourth-order valence-electron chi connectivity index (χ4n) is 4.57. The molecule has 1 spiro atoms. The van der Waals surface area contributed by atoms with Gasteiger partial charge in [0, 0.05) is 31.7 Å². The Hall–Kier alpha value is -2.48. The Bertz CT molecular complexity index is 947. The van der Waals surface area contributed by atoms with Crippen LogP contribution in [0.25, 0.3) is 0 Å². The van der Waals surface area contributed by atoms with Gasteiger partial charge in [0.1, 0.15) is 5.82 Å². The molecule has 2 fully saturated rings. The minimum atomic E-state index is -1.33. The molecule has 0 aliphatic carbocycles. The summed E-state index contributed by atoms with van der Waals surface area (Å²) in [6, 6.07) is 14.6. The summed E-state index contributed by atoms with van der Waals surface area (Å²) in [5.74, 6) is -1.69. The van der Waals surface area contributed by atoms with Crippen LogP contribution in [-0.4, -0.2) is 56.4 Å². The first-order chi connectivity index (χ1) is 14.6. The highest BCUT2D eigenvalue weighted by molar-refractivity contribution is 6.06. The molecule has 0 N–H and O–H groups in total. The lowest BCUT2D eigenvalue weighted by Gasteiger charge is -2.39. The second-order valence-corrected chi connectivity index (χ2v) is 8.13. The van der Waals surface area contributed by atoms with Gasteiger partial charge in [-0.25, -0.2) is 4.39 Å². The van der Waals surface area contributed by atoms with Crippen molar-refractivity contribution in [1.29, 1.82) is 0 Å². The van der Waals surface area contributed by atoms with Crippen molar-refractivity contribution in [3.8, 4) is 0 Å². The number of piperazine rings is 1. The largest absolute Gasteiger partial charge is 0.367 e.